The van der Waals surface area contributed by atoms with Gasteiger partial charge in [-0.3, -0.25) is 4.79 Å². The lowest BCUT2D eigenvalue weighted by Gasteiger charge is -1.85. The summed E-state index contributed by atoms with van der Waals surface area (Å²) in [6.07, 6.45) is 0. The van der Waals surface area contributed by atoms with Crippen LogP contribution in [0.5, 0.6) is 0 Å². The third kappa shape index (κ3) is 10.7. The average Bonchev–Trinajstić information content (AvgIpc) is 1.35. The summed E-state index contributed by atoms with van der Waals surface area (Å²) in [6.45, 7) is 0.0139. The fourth-order valence-corrected chi connectivity index (χ4v) is 0.142. The number of amides is 1. The van der Waals surface area contributed by atoms with Crippen LogP contribution in [0.3, 0.4) is 0 Å². The highest BCUT2D eigenvalue weighted by Gasteiger charge is 1.84. The molecule has 0 aromatic carbocycles. The summed E-state index contributed by atoms with van der Waals surface area (Å²) in [6, 6.07) is 0. The second-order valence-electron chi connectivity index (χ2n) is 0.899. The van der Waals surface area contributed by atoms with E-state index in [1.165, 1.54) is 7.11 Å². The molecule has 0 radical (unpaired) electrons. The van der Waals surface area contributed by atoms with Gasteiger partial charge in [-0.25, -0.2) is 0 Å². The topological polar surface area (TPSA) is 52.3 Å². The Morgan fingerprint density at radius 1 is 1.86 bits per heavy atom. The third-order valence-electron chi connectivity index (χ3n) is 0.287. The molecule has 0 bridgehead atoms. The molecule has 0 atom stereocenters. The van der Waals surface area contributed by atoms with E-state index in [9.17, 15) is 4.79 Å². The molecule has 4 heteroatoms. The predicted molar refractivity (Wildman–Crippen MR) is 28.3 cm³/mol. The maximum atomic E-state index is 9.70. The zero-order valence-corrected chi connectivity index (χ0v) is 4.83. The molecule has 0 saturated carbocycles. The molecule has 0 fully saturated rings. The summed E-state index contributed by atoms with van der Waals surface area (Å²) < 4.78 is 4.33. The van der Waals surface area contributed by atoms with Crippen molar-refractivity contribution in [2.75, 3.05) is 13.7 Å². The first-order valence-corrected chi connectivity index (χ1v) is 1.54. The van der Waals surface area contributed by atoms with Gasteiger partial charge >= 0.3 is 0 Å². The van der Waals surface area contributed by atoms with Crippen molar-refractivity contribution in [2.45, 2.75) is 0 Å². The van der Waals surface area contributed by atoms with Crippen molar-refractivity contribution in [2.24, 2.45) is 5.73 Å². The van der Waals surface area contributed by atoms with Gasteiger partial charge in [-0.05, 0) is 0 Å². The number of primary amides is 1. The highest BCUT2D eigenvalue weighted by molar-refractivity contribution is 5.85. The highest BCUT2D eigenvalue weighted by Crippen LogP contribution is 1.58. The van der Waals surface area contributed by atoms with E-state index in [1.54, 1.807) is 0 Å². The molecule has 3 nitrogen and oxygen atoms in total. The summed E-state index contributed by atoms with van der Waals surface area (Å²) >= 11 is 0. The Kier molecular flexibility index (Phi) is 8.06. The van der Waals surface area contributed by atoms with Crippen molar-refractivity contribution in [3.05, 3.63) is 0 Å². The Labute approximate surface area is 48.2 Å². The van der Waals surface area contributed by atoms with Gasteiger partial charge in [-0.15, -0.1) is 12.4 Å². The van der Waals surface area contributed by atoms with E-state index in [4.69, 9.17) is 0 Å². The number of carbonyl (C=O) groups excluding carboxylic acids is 1. The zero-order valence-electron chi connectivity index (χ0n) is 4.01. The van der Waals surface area contributed by atoms with E-state index >= 15 is 0 Å². The molecule has 0 rings (SSSR count). The van der Waals surface area contributed by atoms with Crippen LogP contribution in [0.15, 0.2) is 0 Å². The van der Waals surface area contributed by atoms with E-state index in [0.717, 1.165) is 0 Å². The Hall–Kier alpha value is -0.280. The first-order valence-electron chi connectivity index (χ1n) is 1.54. The lowest BCUT2D eigenvalue weighted by atomic mass is 10.7. The van der Waals surface area contributed by atoms with Crippen LogP contribution in [0.4, 0.5) is 0 Å². The number of hydrogen-bond acceptors (Lipinski definition) is 2. The summed E-state index contributed by atoms with van der Waals surface area (Å²) in [5.74, 6) is -0.433. The van der Waals surface area contributed by atoms with Gasteiger partial charge in [0.15, 0.2) is 0 Å². The van der Waals surface area contributed by atoms with Gasteiger partial charge in [0.25, 0.3) is 0 Å². The molecule has 0 aromatic heterocycles. The van der Waals surface area contributed by atoms with Gasteiger partial charge in [0.05, 0.1) is 0 Å². The smallest absolute Gasteiger partial charge is 0.243 e. The van der Waals surface area contributed by atoms with Crippen LogP contribution in [-0.4, -0.2) is 19.6 Å². The van der Waals surface area contributed by atoms with Crippen LogP contribution in [0.25, 0.3) is 0 Å². The standard InChI is InChI=1S/C3H7NO2.ClH/c1-6-2-3(4)5;/h2H2,1H3,(H2,4,5);1H. The van der Waals surface area contributed by atoms with Crippen molar-refractivity contribution in [1.29, 1.82) is 0 Å². The molecule has 0 aliphatic heterocycles. The molecule has 0 saturated heterocycles. The first-order chi connectivity index (χ1) is 2.77. The summed E-state index contributed by atoms with van der Waals surface area (Å²) in [7, 11) is 1.42. The summed E-state index contributed by atoms with van der Waals surface area (Å²) in [5, 5.41) is 0. The largest absolute Gasteiger partial charge is 0.375 e. The SMILES string of the molecule is COCC(N)=O.Cl. The van der Waals surface area contributed by atoms with Crippen LogP contribution in [0.2, 0.25) is 0 Å². The van der Waals surface area contributed by atoms with Gasteiger partial charge in [0, 0.05) is 7.11 Å². The minimum absolute atomic E-state index is 0. The van der Waals surface area contributed by atoms with Crippen molar-refractivity contribution < 1.29 is 9.53 Å². The molecule has 0 aliphatic rings. The minimum Gasteiger partial charge on any atom is -0.375 e. The fraction of sp³-hybridized carbons (Fsp3) is 0.667. The van der Waals surface area contributed by atoms with E-state index in [1.807, 2.05) is 0 Å². The van der Waals surface area contributed by atoms with Gasteiger partial charge in [-0.2, -0.15) is 0 Å². The number of methoxy groups -OCH3 is 1. The Morgan fingerprint density at radius 2 is 2.29 bits per heavy atom. The van der Waals surface area contributed by atoms with E-state index in [-0.39, 0.29) is 19.0 Å². The average molecular weight is 126 g/mol. The summed E-state index contributed by atoms with van der Waals surface area (Å²) in [5.41, 5.74) is 4.64. The number of hydrogen-bond donors (Lipinski definition) is 1. The van der Waals surface area contributed by atoms with Crippen LogP contribution in [0.1, 0.15) is 0 Å². The van der Waals surface area contributed by atoms with Gasteiger partial charge in [0.2, 0.25) is 5.91 Å². The molecule has 0 spiro atoms. The maximum Gasteiger partial charge on any atom is 0.243 e. The van der Waals surface area contributed by atoms with Crippen molar-refractivity contribution >= 4 is 18.3 Å². The number of nitrogens with two attached hydrogens (primary N) is 1. The highest BCUT2D eigenvalue weighted by atomic mass is 35.5. The number of halogens is 1. The Balaban J connectivity index is 0. The van der Waals surface area contributed by atoms with E-state index in [2.05, 4.69) is 10.5 Å². The predicted octanol–water partition coefficient (Wildman–Crippen LogP) is -0.460. The second-order valence-corrected chi connectivity index (χ2v) is 0.899. The Bertz CT molecular complexity index is 56.9. The number of rotatable bonds is 2. The number of ether oxygens (including phenoxy) is 1. The zero-order chi connectivity index (χ0) is 4.99. The molecule has 7 heavy (non-hydrogen) atoms. The van der Waals surface area contributed by atoms with Crippen molar-refractivity contribution in [1.82, 2.24) is 0 Å². The molecule has 44 valence electrons. The monoisotopic (exact) mass is 125 g/mol. The van der Waals surface area contributed by atoms with Gasteiger partial charge in [-0.1, -0.05) is 0 Å². The van der Waals surface area contributed by atoms with Crippen molar-refractivity contribution in [3.63, 3.8) is 0 Å². The molecule has 0 unspecified atom stereocenters. The molecule has 1 amide bonds. The van der Waals surface area contributed by atoms with E-state index < -0.39 is 5.91 Å². The van der Waals surface area contributed by atoms with Crippen LogP contribution in [-0.2, 0) is 9.53 Å². The molecular formula is C3H8ClNO2. The Morgan fingerprint density at radius 3 is 2.29 bits per heavy atom. The molecular weight excluding hydrogens is 117 g/mol. The van der Waals surface area contributed by atoms with Crippen molar-refractivity contribution in [3.8, 4) is 0 Å². The molecule has 0 aromatic rings. The molecule has 0 heterocycles. The summed E-state index contributed by atoms with van der Waals surface area (Å²) in [4.78, 5) is 9.70. The second kappa shape index (κ2) is 5.72. The lowest BCUT2D eigenvalue weighted by molar-refractivity contribution is -0.121. The maximum absolute atomic E-state index is 9.70. The fourth-order valence-electron chi connectivity index (χ4n) is 0.142. The minimum atomic E-state index is -0.433. The van der Waals surface area contributed by atoms with Crippen LogP contribution in [0, 0.1) is 0 Å². The van der Waals surface area contributed by atoms with Gasteiger partial charge < -0.3 is 10.5 Å². The van der Waals surface area contributed by atoms with Gasteiger partial charge in [0.1, 0.15) is 6.61 Å². The van der Waals surface area contributed by atoms with Crippen LogP contribution < -0.4 is 5.73 Å². The third-order valence-corrected chi connectivity index (χ3v) is 0.287. The number of carbonyl (C=O) groups is 1. The lowest BCUT2D eigenvalue weighted by Crippen LogP contribution is -2.16. The van der Waals surface area contributed by atoms with Crippen LogP contribution >= 0.6 is 12.4 Å². The first kappa shape index (κ1) is 9.87. The van der Waals surface area contributed by atoms with E-state index in [0.29, 0.717) is 0 Å². The molecule has 0 aliphatic carbocycles. The quantitative estimate of drug-likeness (QED) is 0.543. The molecule has 2 N–H and O–H groups in total. The normalized spacial score (nSPS) is 7.00.